The second-order valence-electron chi connectivity index (χ2n) is 2.98. The van der Waals surface area contributed by atoms with E-state index in [1.165, 1.54) is 6.42 Å². The van der Waals surface area contributed by atoms with Crippen molar-refractivity contribution in [2.24, 2.45) is 10.9 Å². The van der Waals surface area contributed by atoms with Gasteiger partial charge in [-0.1, -0.05) is 13.8 Å². The Morgan fingerprint density at radius 3 is 3.00 bits per heavy atom. The molecule has 0 amide bonds. The first-order valence-corrected chi connectivity index (χ1v) is 4.28. The average molecular weight is 152 g/mol. The van der Waals surface area contributed by atoms with Gasteiger partial charge in [-0.15, -0.1) is 0 Å². The monoisotopic (exact) mass is 152 g/mol. The Balaban J connectivity index is 2.33. The molecule has 2 unspecified atom stereocenters. The lowest BCUT2D eigenvalue weighted by atomic mass is 10.0. The molecule has 2 nitrogen and oxygen atoms in total. The second-order valence-corrected chi connectivity index (χ2v) is 2.98. The lowest BCUT2D eigenvalue weighted by Crippen LogP contribution is -2.35. The molecule has 62 valence electrons. The minimum absolute atomic E-state index is 0.493. The molecule has 11 heavy (non-hydrogen) atoms. The quantitative estimate of drug-likeness (QED) is 0.652. The van der Waals surface area contributed by atoms with E-state index < -0.39 is 0 Å². The summed E-state index contributed by atoms with van der Waals surface area (Å²) >= 11 is 0. The molecule has 0 fully saturated rings. The van der Waals surface area contributed by atoms with Gasteiger partial charge in [0.15, 0.2) is 0 Å². The van der Waals surface area contributed by atoms with Crippen LogP contribution in [0, 0.1) is 5.92 Å². The molecule has 0 radical (unpaired) electrons. The normalized spacial score (nSPS) is 29.3. The molecule has 2 atom stereocenters. The lowest BCUT2D eigenvalue weighted by molar-refractivity contribution is 0.519. The maximum atomic E-state index is 4.07. The highest BCUT2D eigenvalue weighted by Gasteiger charge is 2.12. The van der Waals surface area contributed by atoms with Gasteiger partial charge in [-0.05, 0) is 19.0 Å². The molecule has 0 aromatic heterocycles. The first-order chi connectivity index (χ1) is 5.34. The van der Waals surface area contributed by atoms with Crippen LogP contribution >= 0.6 is 0 Å². The third-order valence-corrected chi connectivity index (χ3v) is 1.90. The van der Waals surface area contributed by atoms with E-state index in [1.54, 1.807) is 0 Å². The number of rotatable bonds is 3. The number of nitrogens with zero attached hydrogens (tertiary/aromatic N) is 1. The molecule has 1 aliphatic rings. The molecule has 1 heterocycles. The van der Waals surface area contributed by atoms with E-state index in [2.05, 4.69) is 30.2 Å². The van der Waals surface area contributed by atoms with Gasteiger partial charge in [0.2, 0.25) is 0 Å². The molecule has 1 rings (SSSR count). The predicted molar refractivity (Wildman–Crippen MR) is 48.9 cm³/mol. The van der Waals surface area contributed by atoms with E-state index >= 15 is 0 Å². The van der Waals surface area contributed by atoms with Crippen LogP contribution in [0.1, 0.15) is 20.3 Å². The first-order valence-electron chi connectivity index (χ1n) is 4.28. The van der Waals surface area contributed by atoms with Crippen molar-refractivity contribution in [3.8, 4) is 0 Å². The lowest BCUT2D eigenvalue weighted by Gasteiger charge is -2.20. The third kappa shape index (κ3) is 2.46. The maximum absolute atomic E-state index is 4.07. The van der Waals surface area contributed by atoms with Crippen molar-refractivity contribution < 1.29 is 0 Å². The number of nitrogens with one attached hydrogen (secondary N) is 1. The molecule has 1 N–H and O–H groups in total. The molecule has 0 saturated heterocycles. The summed E-state index contributed by atoms with van der Waals surface area (Å²) in [6, 6.07) is 0.493. The highest BCUT2D eigenvalue weighted by atomic mass is 14.9. The van der Waals surface area contributed by atoms with Crippen molar-refractivity contribution in [3.63, 3.8) is 0 Å². The summed E-state index contributed by atoms with van der Waals surface area (Å²) in [6.07, 6.45) is 7.18. The summed E-state index contributed by atoms with van der Waals surface area (Å²) in [5.74, 6) is 0.534. The number of aliphatic imine (C=N–C) groups is 1. The van der Waals surface area contributed by atoms with Crippen molar-refractivity contribution in [2.75, 3.05) is 6.54 Å². The van der Waals surface area contributed by atoms with E-state index in [-0.39, 0.29) is 0 Å². The van der Waals surface area contributed by atoms with Crippen molar-refractivity contribution in [3.05, 3.63) is 12.3 Å². The number of hydrogen-bond acceptors (Lipinski definition) is 2. The fourth-order valence-corrected chi connectivity index (χ4v) is 1.16. The fraction of sp³-hybridized carbons (Fsp3) is 0.667. The fourth-order valence-electron chi connectivity index (χ4n) is 1.16. The highest BCUT2D eigenvalue weighted by Crippen LogP contribution is 2.06. The van der Waals surface area contributed by atoms with Gasteiger partial charge in [-0.25, -0.2) is 0 Å². The smallest absolute Gasteiger partial charge is 0.0343 e. The molecule has 0 spiro atoms. The van der Waals surface area contributed by atoms with Gasteiger partial charge in [-0.3, -0.25) is 4.99 Å². The molecule has 0 aliphatic carbocycles. The van der Waals surface area contributed by atoms with Crippen LogP contribution in [0.25, 0.3) is 0 Å². The summed E-state index contributed by atoms with van der Waals surface area (Å²) in [7, 11) is 0. The van der Waals surface area contributed by atoms with Gasteiger partial charge in [0.1, 0.15) is 0 Å². The Bertz CT molecular complexity index is 161. The van der Waals surface area contributed by atoms with Crippen molar-refractivity contribution >= 4 is 6.21 Å². The maximum Gasteiger partial charge on any atom is 0.0343 e. The molecular weight excluding hydrogens is 136 g/mol. The molecule has 1 aliphatic heterocycles. The van der Waals surface area contributed by atoms with Crippen LogP contribution in [0.5, 0.6) is 0 Å². The average Bonchev–Trinajstić information content (AvgIpc) is 2.03. The standard InChI is InChI=1S/C9H16N2/c1-3-5-11-9-4-6-10-7-8(9)2/h4,6-9,11H,3,5H2,1-2H3. The SMILES string of the molecule is CCCNC1C=CN=CC1C. The van der Waals surface area contributed by atoms with Crippen LogP contribution < -0.4 is 5.32 Å². The van der Waals surface area contributed by atoms with Crippen LogP contribution in [0.15, 0.2) is 17.3 Å². The largest absolute Gasteiger partial charge is 0.310 e. The van der Waals surface area contributed by atoms with E-state index in [0.717, 1.165) is 6.54 Å². The zero-order valence-electron chi connectivity index (χ0n) is 7.25. The molecular formula is C9H16N2. The van der Waals surface area contributed by atoms with Crippen LogP contribution in [-0.2, 0) is 0 Å². The molecule has 0 aromatic rings. The summed E-state index contributed by atoms with van der Waals surface area (Å²) < 4.78 is 0. The minimum atomic E-state index is 0.493. The first kappa shape index (κ1) is 8.47. The van der Waals surface area contributed by atoms with E-state index in [1.807, 2.05) is 12.4 Å². The van der Waals surface area contributed by atoms with Crippen LogP contribution in [-0.4, -0.2) is 18.8 Å². The van der Waals surface area contributed by atoms with Crippen molar-refractivity contribution in [1.82, 2.24) is 5.32 Å². The van der Waals surface area contributed by atoms with Gasteiger partial charge < -0.3 is 5.32 Å². The highest BCUT2D eigenvalue weighted by molar-refractivity contribution is 5.64. The van der Waals surface area contributed by atoms with Gasteiger partial charge >= 0.3 is 0 Å². The zero-order valence-corrected chi connectivity index (χ0v) is 7.25. The van der Waals surface area contributed by atoms with Crippen LogP contribution in [0.2, 0.25) is 0 Å². The third-order valence-electron chi connectivity index (χ3n) is 1.90. The number of hydrogen-bond donors (Lipinski definition) is 1. The van der Waals surface area contributed by atoms with E-state index in [9.17, 15) is 0 Å². The summed E-state index contributed by atoms with van der Waals surface area (Å²) in [6.45, 7) is 5.45. The Morgan fingerprint density at radius 1 is 1.55 bits per heavy atom. The minimum Gasteiger partial charge on any atom is -0.310 e. The molecule has 0 aromatic carbocycles. The Hall–Kier alpha value is -0.630. The molecule has 0 saturated carbocycles. The Kier molecular flexibility index (Phi) is 3.30. The van der Waals surface area contributed by atoms with Gasteiger partial charge in [0.25, 0.3) is 0 Å². The van der Waals surface area contributed by atoms with E-state index in [0.29, 0.717) is 12.0 Å². The molecule has 2 heteroatoms. The van der Waals surface area contributed by atoms with Crippen molar-refractivity contribution in [2.45, 2.75) is 26.3 Å². The van der Waals surface area contributed by atoms with Gasteiger partial charge in [0, 0.05) is 24.4 Å². The van der Waals surface area contributed by atoms with Crippen molar-refractivity contribution in [1.29, 1.82) is 0 Å². The Morgan fingerprint density at radius 2 is 2.36 bits per heavy atom. The Labute approximate surface area is 68.4 Å². The summed E-state index contributed by atoms with van der Waals surface area (Å²) in [4.78, 5) is 4.07. The van der Waals surface area contributed by atoms with Crippen LogP contribution in [0.4, 0.5) is 0 Å². The summed E-state index contributed by atoms with van der Waals surface area (Å²) in [5, 5.41) is 3.44. The van der Waals surface area contributed by atoms with Crippen LogP contribution in [0.3, 0.4) is 0 Å². The topological polar surface area (TPSA) is 24.4 Å². The van der Waals surface area contributed by atoms with E-state index in [4.69, 9.17) is 0 Å². The van der Waals surface area contributed by atoms with Gasteiger partial charge in [-0.2, -0.15) is 0 Å². The predicted octanol–water partition coefficient (Wildman–Crippen LogP) is 1.59. The molecule has 0 bridgehead atoms. The van der Waals surface area contributed by atoms with Gasteiger partial charge in [0.05, 0.1) is 0 Å². The summed E-state index contributed by atoms with van der Waals surface area (Å²) in [5.41, 5.74) is 0. The zero-order chi connectivity index (χ0) is 8.10. The second kappa shape index (κ2) is 4.29.